The van der Waals surface area contributed by atoms with Crippen molar-refractivity contribution >= 4 is 17.4 Å². The van der Waals surface area contributed by atoms with Crippen LogP contribution >= 0.6 is 0 Å². The molecule has 26 heavy (non-hydrogen) atoms. The number of aromatic nitrogens is 4. The SMILES string of the molecule is Cc1cc(C)n(Cc2cccc(NC(=O)Cn3ccc([N+](=O)[O-])n3)c2)n1. The molecule has 0 aliphatic rings. The molecule has 0 fully saturated rings. The second-order valence-electron chi connectivity index (χ2n) is 5.96. The standard InChI is InChI=1S/C17H18N6O3/c1-12-8-13(2)22(19-12)10-14-4-3-5-15(9-14)18-17(24)11-21-7-6-16(20-21)23(25)26/h3-9H,10-11H2,1-2H3,(H,18,24). The summed E-state index contributed by atoms with van der Waals surface area (Å²) in [6.07, 6.45) is 1.40. The van der Waals surface area contributed by atoms with Crippen molar-refractivity contribution in [1.29, 1.82) is 0 Å². The number of aryl methyl sites for hydroxylation is 2. The van der Waals surface area contributed by atoms with Crippen LogP contribution < -0.4 is 5.32 Å². The molecule has 9 heteroatoms. The summed E-state index contributed by atoms with van der Waals surface area (Å²) < 4.78 is 3.13. The number of anilines is 1. The van der Waals surface area contributed by atoms with Gasteiger partial charge in [-0.25, -0.2) is 0 Å². The predicted octanol–water partition coefficient (Wildman–Crippen LogP) is 2.29. The summed E-state index contributed by atoms with van der Waals surface area (Å²) in [4.78, 5) is 22.2. The molecule has 2 aromatic heterocycles. The van der Waals surface area contributed by atoms with Crippen molar-refractivity contribution in [3.63, 3.8) is 0 Å². The average Bonchev–Trinajstić information content (AvgIpc) is 3.14. The molecule has 1 aromatic carbocycles. The van der Waals surface area contributed by atoms with Crippen molar-refractivity contribution in [2.45, 2.75) is 26.9 Å². The monoisotopic (exact) mass is 354 g/mol. The Morgan fingerprint density at radius 1 is 1.23 bits per heavy atom. The van der Waals surface area contributed by atoms with Crippen LogP contribution in [0.5, 0.6) is 0 Å². The third-order valence-corrected chi connectivity index (χ3v) is 3.77. The van der Waals surface area contributed by atoms with Crippen LogP contribution in [0, 0.1) is 24.0 Å². The molecule has 3 aromatic rings. The number of carbonyl (C=O) groups is 1. The van der Waals surface area contributed by atoms with Crippen LogP contribution in [-0.4, -0.2) is 30.4 Å². The summed E-state index contributed by atoms with van der Waals surface area (Å²) in [5, 5.41) is 21.6. The summed E-state index contributed by atoms with van der Waals surface area (Å²) in [5.74, 6) is -0.601. The topological polar surface area (TPSA) is 108 Å². The van der Waals surface area contributed by atoms with Crippen molar-refractivity contribution in [3.8, 4) is 0 Å². The zero-order chi connectivity index (χ0) is 18.7. The maximum Gasteiger partial charge on any atom is 0.389 e. The normalized spacial score (nSPS) is 10.7. The van der Waals surface area contributed by atoms with Gasteiger partial charge in [0.25, 0.3) is 0 Å². The maximum absolute atomic E-state index is 12.1. The van der Waals surface area contributed by atoms with Crippen LogP contribution in [-0.2, 0) is 17.9 Å². The maximum atomic E-state index is 12.1. The molecular formula is C17H18N6O3. The van der Waals surface area contributed by atoms with E-state index >= 15 is 0 Å². The molecule has 2 heterocycles. The highest BCUT2D eigenvalue weighted by Crippen LogP contribution is 2.14. The summed E-state index contributed by atoms with van der Waals surface area (Å²) in [7, 11) is 0. The van der Waals surface area contributed by atoms with Crippen LogP contribution in [0.15, 0.2) is 42.6 Å². The Labute approximate surface area is 149 Å². The smallest absolute Gasteiger partial charge is 0.358 e. The molecule has 0 bridgehead atoms. The number of hydrogen-bond acceptors (Lipinski definition) is 5. The highest BCUT2D eigenvalue weighted by atomic mass is 16.6. The van der Waals surface area contributed by atoms with Gasteiger partial charge in [-0.05, 0) is 42.5 Å². The largest absolute Gasteiger partial charge is 0.389 e. The summed E-state index contributed by atoms with van der Waals surface area (Å²) in [6.45, 7) is 4.44. The lowest BCUT2D eigenvalue weighted by molar-refractivity contribution is -0.389. The molecule has 0 radical (unpaired) electrons. The minimum Gasteiger partial charge on any atom is -0.358 e. The first-order valence-corrected chi connectivity index (χ1v) is 7.98. The Kier molecular flexibility index (Phi) is 4.78. The van der Waals surface area contributed by atoms with Gasteiger partial charge in [-0.3, -0.25) is 9.48 Å². The van der Waals surface area contributed by atoms with Gasteiger partial charge in [0.15, 0.2) is 0 Å². The molecule has 0 aliphatic carbocycles. The molecule has 0 saturated heterocycles. The number of rotatable bonds is 6. The molecule has 1 N–H and O–H groups in total. The number of nitrogens with one attached hydrogen (secondary N) is 1. The quantitative estimate of drug-likeness (QED) is 0.540. The number of amides is 1. The van der Waals surface area contributed by atoms with Crippen molar-refractivity contribution in [1.82, 2.24) is 19.6 Å². The zero-order valence-corrected chi connectivity index (χ0v) is 14.4. The molecule has 0 saturated carbocycles. The molecule has 0 atom stereocenters. The van der Waals surface area contributed by atoms with Crippen molar-refractivity contribution < 1.29 is 9.72 Å². The summed E-state index contributed by atoms with van der Waals surface area (Å²) >= 11 is 0. The molecule has 1 amide bonds. The van der Waals surface area contributed by atoms with Gasteiger partial charge in [-0.15, -0.1) is 0 Å². The molecular weight excluding hydrogens is 336 g/mol. The van der Waals surface area contributed by atoms with Crippen LogP contribution in [0.3, 0.4) is 0 Å². The van der Waals surface area contributed by atoms with E-state index < -0.39 is 4.92 Å². The van der Waals surface area contributed by atoms with Gasteiger partial charge in [0.1, 0.15) is 6.54 Å². The van der Waals surface area contributed by atoms with Gasteiger partial charge in [-0.1, -0.05) is 12.1 Å². The van der Waals surface area contributed by atoms with E-state index in [1.54, 1.807) is 6.07 Å². The average molecular weight is 354 g/mol. The Bertz CT molecular complexity index is 959. The Morgan fingerprint density at radius 2 is 2.04 bits per heavy atom. The van der Waals surface area contributed by atoms with Gasteiger partial charge in [0, 0.05) is 11.4 Å². The number of benzene rings is 1. The van der Waals surface area contributed by atoms with Gasteiger partial charge < -0.3 is 15.4 Å². The van der Waals surface area contributed by atoms with E-state index in [1.807, 2.05) is 42.8 Å². The minimum absolute atomic E-state index is 0.102. The fourth-order valence-electron chi connectivity index (χ4n) is 2.64. The highest BCUT2D eigenvalue weighted by Gasteiger charge is 2.13. The predicted molar refractivity (Wildman–Crippen MR) is 94.8 cm³/mol. The van der Waals surface area contributed by atoms with E-state index in [4.69, 9.17) is 0 Å². The Balaban J connectivity index is 1.65. The highest BCUT2D eigenvalue weighted by molar-refractivity contribution is 5.90. The number of carbonyl (C=O) groups excluding carboxylic acids is 1. The summed E-state index contributed by atoms with van der Waals surface area (Å²) in [5.41, 5.74) is 3.68. The fraction of sp³-hybridized carbons (Fsp3) is 0.235. The van der Waals surface area contributed by atoms with E-state index in [9.17, 15) is 14.9 Å². The summed E-state index contributed by atoms with van der Waals surface area (Å²) in [6, 6.07) is 10.7. The third kappa shape index (κ3) is 4.12. The molecule has 3 rings (SSSR count). The second-order valence-corrected chi connectivity index (χ2v) is 5.96. The number of hydrogen-bond donors (Lipinski definition) is 1. The van der Waals surface area contributed by atoms with E-state index in [-0.39, 0.29) is 18.3 Å². The van der Waals surface area contributed by atoms with E-state index in [0.717, 1.165) is 17.0 Å². The zero-order valence-electron chi connectivity index (χ0n) is 14.4. The Morgan fingerprint density at radius 3 is 2.69 bits per heavy atom. The molecule has 134 valence electrons. The first kappa shape index (κ1) is 17.3. The van der Waals surface area contributed by atoms with Crippen LogP contribution in [0.1, 0.15) is 17.0 Å². The molecule has 0 spiro atoms. The van der Waals surface area contributed by atoms with Gasteiger partial charge >= 0.3 is 5.82 Å². The molecule has 0 aliphatic heterocycles. The first-order chi connectivity index (χ1) is 12.4. The number of nitrogens with zero attached hydrogens (tertiary/aromatic N) is 5. The van der Waals surface area contributed by atoms with E-state index in [1.165, 1.54) is 16.9 Å². The van der Waals surface area contributed by atoms with E-state index in [2.05, 4.69) is 15.5 Å². The van der Waals surface area contributed by atoms with Gasteiger partial charge in [0.05, 0.1) is 29.6 Å². The lowest BCUT2D eigenvalue weighted by Crippen LogP contribution is -2.19. The Hall–Kier alpha value is -3.49. The lowest BCUT2D eigenvalue weighted by atomic mass is 10.2. The molecule has 9 nitrogen and oxygen atoms in total. The van der Waals surface area contributed by atoms with Crippen molar-refractivity contribution in [3.05, 3.63) is 69.7 Å². The van der Waals surface area contributed by atoms with Crippen molar-refractivity contribution in [2.24, 2.45) is 0 Å². The van der Waals surface area contributed by atoms with Crippen molar-refractivity contribution in [2.75, 3.05) is 5.32 Å². The van der Waals surface area contributed by atoms with Crippen LogP contribution in [0.2, 0.25) is 0 Å². The molecule has 0 unspecified atom stereocenters. The second kappa shape index (κ2) is 7.18. The number of nitro groups is 1. The van der Waals surface area contributed by atoms with Crippen LogP contribution in [0.25, 0.3) is 0 Å². The third-order valence-electron chi connectivity index (χ3n) is 3.77. The first-order valence-electron chi connectivity index (χ1n) is 7.98. The van der Waals surface area contributed by atoms with Gasteiger partial charge in [-0.2, -0.15) is 9.78 Å². The minimum atomic E-state index is -0.600. The van der Waals surface area contributed by atoms with Crippen LogP contribution in [0.4, 0.5) is 11.5 Å². The lowest BCUT2D eigenvalue weighted by Gasteiger charge is -2.08. The van der Waals surface area contributed by atoms with E-state index in [0.29, 0.717) is 12.2 Å². The van der Waals surface area contributed by atoms with Gasteiger partial charge in [0.2, 0.25) is 5.91 Å². The fourth-order valence-corrected chi connectivity index (χ4v) is 2.64.